The monoisotopic (exact) mass is 361 g/mol. The molecule has 1 aromatic carbocycles. The van der Waals surface area contributed by atoms with Crippen LogP contribution in [-0.2, 0) is 6.42 Å². The fourth-order valence-corrected chi connectivity index (χ4v) is 4.91. The van der Waals surface area contributed by atoms with Crippen LogP contribution in [0.5, 0.6) is 0 Å². The molecule has 3 rings (SSSR count). The van der Waals surface area contributed by atoms with Gasteiger partial charge in [-0.3, -0.25) is 0 Å². The van der Waals surface area contributed by atoms with E-state index in [9.17, 15) is 0 Å². The van der Waals surface area contributed by atoms with E-state index in [-0.39, 0.29) is 0 Å². The molecule has 0 heterocycles. The van der Waals surface area contributed by atoms with Crippen molar-refractivity contribution in [3.05, 3.63) is 59.7 Å². The van der Waals surface area contributed by atoms with Gasteiger partial charge in [0.25, 0.3) is 0 Å². The van der Waals surface area contributed by atoms with Crippen LogP contribution in [0.15, 0.2) is 48.6 Å². The number of benzene rings is 1. The van der Waals surface area contributed by atoms with Crippen molar-refractivity contribution in [1.29, 1.82) is 5.26 Å². The Labute approximate surface area is 166 Å². The summed E-state index contributed by atoms with van der Waals surface area (Å²) in [5, 5.41) is 8.65. The fraction of sp³-hybridized carbons (Fsp3) is 0.577. The average molecular weight is 362 g/mol. The maximum atomic E-state index is 8.65. The van der Waals surface area contributed by atoms with E-state index < -0.39 is 0 Å². The molecular weight excluding hydrogens is 326 g/mol. The van der Waals surface area contributed by atoms with Gasteiger partial charge in [0.2, 0.25) is 0 Å². The summed E-state index contributed by atoms with van der Waals surface area (Å²) in [5.41, 5.74) is 3.04. The molecule has 0 aromatic heterocycles. The molecule has 0 spiro atoms. The van der Waals surface area contributed by atoms with E-state index in [1.807, 2.05) is 0 Å². The second-order valence-electron chi connectivity index (χ2n) is 8.65. The van der Waals surface area contributed by atoms with Crippen molar-refractivity contribution in [3.63, 3.8) is 0 Å². The van der Waals surface area contributed by atoms with Gasteiger partial charge in [-0.25, -0.2) is 0 Å². The number of rotatable bonds is 6. The van der Waals surface area contributed by atoms with Crippen LogP contribution >= 0.6 is 0 Å². The van der Waals surface area contributed by atoms with Crippen molar-refractivity contribution in [2.24, 2.45) is 17.8 Å². The Morgan fingerprint density at radius 3 is 1.85 bits per heavy atom. The summed E-state index contributed by atoms with van der Waals surface area (Å²) in [5.74, 6) is 2.96. The number of hydrogen-bond donors (Lipinski definition) is 0. The minimum absolute atomic E-state index is 0.633. The van der Waals surface area contributed by atoms with Crippen LogP contribution < -0.4 is 0 Å². The van der Waals surface area contributed by atoms with Gasteiger partial charge >= 0.3 is 0 Å². The van der Waals surface area contributed by atoms with Crippen LogP contribution in [0.25, 0.3) is 0 Å². The Balaban J connectivity index is 1.41. The van der Waals surface area contributed by atoms with Crippen LogP contribution in [0.4, 0.5) is 0 Å². The molecule has 0 saturated heterocycles. The Hall–Kier alpha value is -1.81. The number of hydrogen-bond acceptors (Lipinski definition) is 1. The van der Waals surface area contributed by atoms with Crippen molar-refractivity contribution in [2.45, 2.75) is 77.0 Å². The van der Waals surface area contributed by atoms with E-state index in [1.165, 1.54) is 69.8 Å². The molecule has 0 atom stereocenters. The summed E-state index contributed by atoms with van der Waals surface area (Å²) >= 11 is 0. The highest BCUT2D eigenvalue weighted by molar-refractivity contribution is 5.26. The molecule has 2 fully saturated rings. The van der Waals surface area contributed by atoms with Crippen LogP contribution in [0.1, 0.15) is 81.8 Å². The highest BCUT2D eigenvalue weighted by Crippen LogP contribution is 2.37. The van der Waals surface area contributed by atoms with Gasteiger partial charge in [0.05, 0.1) is 6.07 Å². The van der Waals surface area contributed by atoms with E-state index in [4.69, 9.17) is 5.26 Å². The maximum Gasteiger partial charge on any atom is 0.0908 e. The van der Waals surface area contributed by atoms with Crippen molar-refractivity contribution in [2.75, 3.05) is 0 Å². The Bertz CT molecular complexity index is 644. The third kappa shape index (κ3) is 6.10. The van der Waals surface area contributed by atoms with E-state index in [2.05, 4.69) is 55.5 Å². The molecule has 1 heteroatoms. The minimum Gasteiger partial charge on any atom is -0.193 e. The Kier molecular flexibility index (Phi) is 7.76. The van der Waals surface area contributed by atoms with Gasteiger partial charge in [-0.1, -0.05) is 55.8 Å². The topological polar surface area (TPSA) is 23.8 Å². The van der Waals surface area contributed by atoms with Gasteiger partial charge < -0.3 is 0 Å². The fourth-order valence-electron chi connectivity index (χ4n) is 4.91. The van der Waals surface area contributed by atoms with E-state index in [0.29, 0.717) is 5.92 Å². The zero-order valence-corrected chi connectivity index (χ0v) is 16.9. The standard InChI is InChI=1S/C26H35N/c1-2-4-21-12-16-25(17-13-21)26-18-14-24(15-19-26)11-10-23-8-6-22(7-9-23)5-3-20-27/h3,5,10-13,16-17,22-24,26H,2,4,6-9,14-15,18-19H2,1H3/b5-3?,11-10+/t22-,23-,24-,26-. The van der Waals surface area contributed by atoms with Gasteiger partial charge in [0, 0.05) is 6.08 Å². The smallest absolute Gasteiger partial charge is 0.0908 e. The van der Waals surface area contributed by atoms with Gasteiger partial charge in [-0.2, -0.15) is 5.26 Å². The minimum atomic E-state index is 0.633. The normalized spacial score (nSPS) is 29.2. The molecule has 0 aliphatic heterocycles. The molecule has 0 amide bonds. The van der Waals surface area contributed by atoms with Crippen molar-refractivity contribution in [3.8, 4) is 6.07 Å². The van der Waals surface area contributed by atoms with Crippen LogP contribution in [0.2, 0.25) is 0 Å². The van der Waals surface area contributed by atoms with Crippen LogP contribution in [0, 0.1) is 29.1 Å². The predicted octanol–water partition coefficient (Wildman–Crippen LogP) is 7.36. The molecule has 0 radical (unpaired) electrons. The summed E-state index contributed by atoms with van der Waals surface area (Å²) in [6.07, 6.45) is 21.7. The first-order valence-electron chi connectivity index (χ1n) is 11.1. The lowest BCUT2D eigenvalue weighted by molar-refractivity contribution is 0.348. The molecule has 0 N–H and O–H groups in total. The third-order valence-electron chi connectivity index (χ3n) is 6.68. The number of aryl methyl sites for hydroxylation is 1. The van der Waals surface area contributed by atoms with Gasteiger partial charge in [-0.15, -0.1) is 0 Å². The largest absolute Gasteiger partial charge is 0.193 e. The zero-order chi connectivity index (χ0) is 18.9. The first kappa shape index (κ1) is 19.9. The van der Waals surface area contributed by atoms with Crippen molar-refractivity contribution < 1.29 is 0 Å². The molecule has 2 aliphatic carbocycles. The number of allylic oxidation sites excluding steroid dienone is 4. The predicted molar refractivity (Wildman–Crippen MR) is 114 cm³/mol. The summed E-state index contributed by atoms with van der Waals surface area (Å²) in [7, 11) is 0. The average Bonchev–Trinajstić information content (AvgIpc) is 2.73. The highest BCUT2D eigenvalue weighted by atomic mass is 14.3. The first-order chi connectivity index (χ1) is 13.3. The Morgan fingerprint density at radius 2 is 1.33 bits per heavy atom. The molecule has 27 heavy (non-hydrogen) atoms. The summed E-state index contributed by atoms with van der Waals surface area (Å²) in [6.45, 7) is 2.25. The molecular formula is C26H35N. The molecule has 144 valence electrons. The summed E-state index contributed by atoms with van der Waals surface area (Å²) < 4.78 is 0. The molecule has 2 aliphatic rings. The Morgan fingerprint density at radius 1 is 0.815 bits per heavy atom. The highest BCUT2D eigenvalue weighted by Gasteiger charge is 2.22. The second-order valence-corrected chi connectivity index (χ2v) is 8.65. The molecule has 0 unspecified atom stereocenters. The van der Waals surface area contributed by atoms with Crippen molar-refractivity contribution >= 4 is 0 Å². The van der Waals surface area contributed by atoms with Crippen LogP contribution in [0.3, 0.4) is 0 Å². The van der Waals surface area contributed by atoms with E-state index in [0.717, 1.165) is 17.8 Å². The second kappa shape index (κ2) is 10.5. The molecule has 1 aromatic rings. The molecule has 1 nitrogen and oxygen atoms in total. The van der Waals surface area contributed by atoms with E-state index in [1.54, 1.807) is 11.6 Å². The molecule has 2 saturated carbocycles. The van der Waals surface area contributed by atoms with Gasteiger partial charge in [-0.05, 0) is 92.6 Å². The first-order valence-corrected chi connectivity index (χ1v) is 11.1. The molecule has 0 bridgehead atoms. The summed E-state index contributed by atoms with van der Waals surface area (Å²) in [4.78, 5) is 0. The van der Waals surface area contributed by atoms with Crippen LogP contribution in [-0.4, -0.2) is 0 Å². The van der Waals surface area contributed by atoms with Gasteiger partial charge in [0.15, 0.2) is 0 Å². The number of nitriles is 1. The maximum absolute atomic E-state index is 8.65. The van der Waals surface area contributed by atoms with E-state index >= 15 is 0 Å². The lowest BCUT2D eigenvalue weighted by atomic mass is 9.77. The lowest BCUT2D eigenvalue weighted by Gasteiger charge is -2.28. The van der Waals surface area contributed by atoms with Crippen molar-refractivity contribution in [1.82, 2.24) is 0 Å². The zero-order valence-electron chi connectivity index (χ0n) is 16.9. The lowest BCUT2D eigenvalue weighted by Crippen LogP contribution is -2.14. The third-order valence-corrected chi connectivity index (χ3v) is 6.68. The quantitative estimate of drug-likeness (QED) is 0.383. The SMILES string of the molecule is CCCc1ccc([C@H]2CC[C@H](/C=C/[C@H]3CC[C@H](C=CC#N)CC3)CC2)cc1. The van der Waals surface area contributed by atoms with Gasteiger partial charge in [0.1, 0.15) is 0 Å². The summed E-state index contributed by atoms with van der Waals surface area (Å²) in [6, 6.07) is 11.6. The number of nitrogens with zero attached hydrogens (tertiary/aromatic N) is 1.